The first-order valence-electron chi connectivity index (χ1n) is 8.05. The van der Waals surface area contributed by atoms with Gasteiger partial charge in [-0.2, -0.15) is 0 Å². The fourth-order valence-electron chi connectivity index (χ4n) is 3.15. The summed E-state index contributed by atoms with van der Waals surface area (Å²) in [5, 5.41) is 2.92. The molecule has 2 amide bonds. The van der Waals surface area contributed by atoms with Gasteiger partial charge in [-0.3, -0.25) is 19.6 Å². The molecule has 126 valence electrons. The molecule has 2 aromatic heterocycles. The van der Waals surface area contributed by atoms with E-state index in [1.807, 2.05) is 29.0 Å². The zero-order valence-electron chi connectivity index (χ0n) is 13.7. The van der Waals surface area contributed by atoms with Crippen molar-refractivity contribution in [3.63, 3.8) is 0 Å². The van der Waals surface area contributed by atoms with E-state index in [0.29, 0.717) is 35.4 Å². The lowest BCUT2D eigenvalue weighted by Crippen LogP contribution is -2.50. The molecule has 0 aliphatic carbocycles. The van der Waals surface area contributed by atoms with E-state index in [-0.39, 0.29) is 17.9 Å². The Morgan fingerprint density at radius 2 is 2.08 bits per heavy atom. The zero-order valence-corrected chi connectivity index (χ0v) is 13.7. The number of nitrogens with zero attached hydrogens (tertiary/aromatic N) is 4. The van der Waals surface area contributed by atoms with Crippen LogP contribution in [0.25, 0.3) is 11.0 Å². The Bertz CT molecular complexity index is 960. The topological polar surface area (TPSA) is 80.1 Å². The number of para-hydroxylation sites is 1. The zero-order chi connectivity index (χ0) is 17.4. The first-order chi connectivity index (χ1) is 12.1. The van der Waals surface area contributed by atoms with Gasteiger partial charge in [0.1, 0.15) is 11.2 Å². The molecule has 7 heteroatoms. The molecule has 1 aliphatic heterocycles. The van der Waals surface area contributed by atoms with Crippen LogP contribution in [-0.4, -0.2) is 50.9 Å². The molecule has 3 aromatic rings. The molecule has 0 saturated heterocycles. The molecule has 1 atom stereocenters. The second-order valence-electron chi connectivity index (χ2n) is 6.06. The van der Waals surface area contributed by atoms with Crippen LogP contribution in [0.5, 0.6) is 0 Å². The average molecular weight is 335 g/mol. The number of fused-ring (bicyclic) bond motifs is 2. The third-order valence-corrected chi connectivity index (χ3v) is 4.57. The molecule has 0 radical (unpaired) electrons. The molecule has 0 saturated carbocycles. The van der Waals surface area contributed by atoms with Gasteiger partial charge in [0.2, 0.25) is 0 Å². The summed E-state index contributed by atoms with van der Waals surface area (Å²) in [5.41, 5.74) is 2.41. The largest absolute Gasteiger partial charge is 0.350 e. The van der Waals surface area contributed by atoms with Gasteiger partial charge in [-0.15, -0.1) is 0 Å². The number of carbonyl (C=O) groups is 2. The monoisotopic (exact) mass is 335 g/mol. The van der Waals surface area contributed by atoms with Crippen molar-refractivity contribution in [1.29, 1.82) is 0 Å². The Morgan fingerprint density at radius 3 is 2.96 bits per heavy atom. The van der Waals surface area contributed by atoms with Crippen molar-refractivity contribution in [3.05, 3.63) is 60.2 Å². The van der Waals surface area contributed by atoms with Crippen molar-refractivity contribution in [2.75, 3.05) is 13.6 Å². The second kappa shape index (κ2) is 6.01. The molecule has 0 fully saturated rings. The molecule has 3 heterocycles. The molecule has 0 bridgehead atoms. The van der Waals surface area contributed by atoms with Gasteiger partial charge in [0.25, 0.3) is 11.8 Å². The highest BCUT2D eigenvalue weighted by molar-refractivity contribution is 6.04. The summed E-state index contributed by atoms with van der Waals surface area (Å²) >= 11 is 0. The molecule has 1 unspecified atom stereocenters. The minimum atomic E-state index is -0.217. The molecule has 1 N–H and O–H groups in total. The van der Waals surface area contributed by atoms with Crippen LogP contribution in [0.3, 0.4) is 0 Å². The van der Waals surface area contributed by atoms with Gasteiger partial charge >= 0.3 is 0 Å². The van der Waals surface area contributed by atoms with E-state index >= 15 is 0 Å². The molecule has 0 spiro atoms. The Labute approximate surface area is 144 Å². The van der Waals surface area contributed by atoms with Gasteiger partial charge in [0.05, 0.1) is 17.1 Å². The highest BCUT2D eigenvalue weighted by Gasteiger charge is 2.29. The van der Waals surface area contributed by atoms with Crippen LogP contribution >= 0.6 is 0 Å². The van der Waals surface area contributed by atoms with Crippen LogP contribution < -0.4 is 5.32 Å². The average Bonchev–Trinajstić information content (AvgIpc) is 3.11. The summed E-state index contributed by atoms with van der Waals surface area (Å²) in [6, 6.07) is 8.90. The molecule has 1 aliphatic rings. The number of rotatable bonds is 3. The summed E-state index contributed by atoms with van der Waals surface area (Å²) < 4.78 is 1.92. The van der Waals surface area contributed by atoms with Crippen molar-refractivity contribution in [3.8, 4) is 0 Å². The molecular weight excluding hydrogens is 318 g/mol. The highest BCUT2D eigenvalue weighted by Crippen LogP contribution is 2.17. The molecule has 4 rings (SSSR count). The van der Waals surface area contributed by atoms with Gasteiger partial charge in [0.15, 0.2) is 0 Å². The van der Waals surface area contributed by atoms with Gasteiger partial charge in [-0.05, 0) is 24.3 Å². The van der Waals surface area contributed by atoms with Gasteiger partial charge in [0, 0.05) is 38.7 Å². The highest BCUT2D eigenvalue weighted by atomic mass is 16.2. The summed E-state index contributed by atoms with van der Waals surface area (Å²) in [6.07, 6.45) is 5.05. The van der Waals surface area contributed by atoms with E-state index in [9.17, 15) is 9.59 Å². The number of benzene rings is 1. The lowest BCUT2D eigenvalue weighted by molar-refractivity contribution is 0.0645. The minimum absolute atomic E-state index is 0.0356. The van der Waals surface area contributed by atoms with Crippen molar-refractivity contribution in [2.45, 2.75) is 12.6 Å². The lowest BCUT2D eigenvalue weighted by Gasteiger charge is -2.33. The van der Waals surface area contributed by atoms with E-state index in [2.05, 4.69) is 15.3 Å². The minimum Gasteiger partial charge on any atom is -0.350 e. The third kappa shape index (κ3) is 2.63. The number of hydrogen-bond acceptors (Lipinski definition) is 4. The van der Waals surface area contributed by atoms with E-state index in [0.717, 1.165) is 0 Å². The summed E-state index contributed by atoms with van der Waals surface area (Å²) in [6.45, 7) is 1.02. The van der Waals surface area contributed by atoms with Crippen molar-refractivity contribution in [1.82, 2.24) is 24.8 Å². The Hall–Kier alpha value is -3.22. The lowest BCUT2D eigenvalue weighted by atomic mass is 10.1. The number of likely N-dealkylation sites (N-methyl/N-ethyl adjacent to an activating group) is 1. The predicted molar refractivity (Wildman–Crippen MR) is 92.2 cm³/mol. The fraction of sp³-hybridized carbons (Fsp3) is 0.222. The van der Waals surface area contributed by atoms with Crippen LogP contribution in [0, 0.1) is 0 Å². The van der Waals surface area contributed by atoms with Crippen LogP contribution in [0.4, 0.5) is 0 Å². The number of aromatic nitrogens is 3. The Balaban J connectivity index is 1.51. The Morgan fingerprint density at radius 1 is 1.24 bits per heavy atom. The van der Waals surface area contributed by atoms with Crippen LogP contribution in [0.2, 0.25) is 0 Å². The van der Waals surface area contributed by atoms with Crippen LogP contribution in [0.1, 0.15) is 20.8 Å². The Kier molecular flexibility index (Phi) is 3.68. The number of amides is 2. The second-order valence-corrected chi connectivity index (χ2v) is 6.06. The van der Waals surface area contributed by atoms with Gasteiger partial charge < -0.3 is 14.8 Å². The van der Waals surface area contributed by atoms with E-state index in [1.54, 1.807) is 36.5 Å². The quantitative estimate of drug-likeness (QED) is 0.783. The van der Waals surface area contributed by atoms with Gasteiger partial charge in [-0.25, -0.2) is 0 Å². The van der Waals surface area contributed by atoms with Crippen LogP contribution in [0.15, 0.2) is 48.9 Å². The SMILES string of the molecule is CN1C(=O)c2cccn2CC1CNC(=O)c1cccc2nccnc12. The molecule has 1 aromatic carbocycles. The summed E-state index contributed by atoms with van der Waals surface area (Å²) in [4.78, 5) is 35.1. The fourth-order valence-corrected chi connectivity index (χ4v) is 3.15. The van der Waals surface area contributed by atoms with Crippen molar-refractivity contribution >= 4 is 22.8 Å². The van der Waals surface area contributed by atoms with E-state index in [1.165, 1.54) is 0 Å². The smallest absolute Gasteiger partial charge is 0.270 e. The first-order valence-corrected chi connectivity index (χ1v) is 8.05. The summed E-state index contributed by atoms with van der Waals surface area (Å²) in [7, 11) is 1.76. The number of nitrogens with one attached hydrogen (secondary N) is 1. The van der Waals surface area contributed by atoms with Crippen molar-refractivity contribution in [2.24, 2.45) is 0 Å². The maximum atomic E-state index is 12.6. The maximum Gasteiger partial charge on any atom is 0.270 e. The first kappa shape index (κ1) is 15.3. The standard InChI is InChI=1S/C18H17N5O2/c1-22-12(11-23-9-3-6-15(23)18(22)25)10-21-17(24)13-4-2-5-14-16(13)20-8-7-19-14/h2-9,12H,10-11H2,1H3,(H,21,24). The van der Waals surface area contributed by atoms with E-state index < -0.39 is 0 Å². The molecule has 7 nitrogen and oxygen atoms in total. The van der Waals surface area contributed by atoms with Crippen LogP contribution in [-0.2, 0) is 6.54 Å². The van der Waals surface area contributed by atoms with E-state index in [4.69, 9.17) is 0 Å². The predicted octanol–water partition coefficient (Wildman–Crippen LogP) is 1.32. The normalized spacial score (nSPS) is 16.8. The third-order valence-electron chi connectivity index (χ3n) is 4.57. The number of carbonyl (C=O) groups excluding carboxylic acids is 2. The van der Waals surface area contributed by atoms with Gasteiger partial charge in [-0.1, -0.05) is 6.07 Å². The van der Waals surface area contributed by atoms with Crippen molar-refractivity contribution < 1.29 is 9.59 Å². The molecular formula is C18H17N5O2. The maximum absolute atomic E-state index is 12.6. The molecule has 25 heavy (non-hydrogen) atoms. The number of hydrogen-bond donors (Lipinski definition) is 1. The summed E-state index contributed by atoms with van der Waals surface area (Å²) in [5.74, 6) is -0.253.